The predicted molar refractivity (Wildman–Crippen MR) is 128 cm³/mol. The Bertz CT molecular complexity index is 1050. The Labute approximate surface area is 199 Å². The highest BCUT2D eigenvalue weighted by Gasteiger charge is 2.45. The van der Waals surface area contributed by atoms with Crippen molar-refractivity contribution in [2.45, 2.75) is 44.4 Å². The minimum absolute atomic E-state index is 0.129. The molecule has 0 spiro atoms. The first kappa shape index (κ1) is 25.7. The van der Waals surface area contributed by atoms with Crippen molar-refractivity contribution in [3.63, 3.8) is 0 Å². The summed E-state index contributed by atoms with van der Waals surface area (Å²) in [5.41, 5.74) is 1.62. The Morgan fingerprint density at radius 3 is 2.12 bits per heavy atom. The Kier molecular flexibility index (Phi) is 8.64. The van der Waals surface area contributed by atoms with Gasteiger partial charge in [0.25, 0.3) is 0 Å². The van der Waals surface area contributed by atoms with Gasteiger partial charge in [0.15, 0.2) is 0 Å². The van der Waals surface area contributed by atoms with Crippen molar-refractivity contribution in [3.05, 3.63) is 71.8 Å². The van der Waals surface area contributed by atoms with E-state index < -0.39 is 43.1 Å². The van der Waals surface area contributed by atoms with Crippen LogP contribution in [-0.4, -0.2) is 57.2 Å². The number of benzene rings is 2. The van der Waals surface area contributed by atoms with Gasteiger partial charge in [-0.05, 0) is 30.4 Å². The molecule has 1 heterocycles. The Balaban J connectivity index is 1.77. The molecule has 0 radical (unpaired) electrons. The monoisotopic (exact) mass is 486 g/mol. The zero-order valence-electron chi connectivity index (χ0n) is 19.2. The van der Waals surface area contributed by atoms with E-state index in [1.807, 2.05) is 36.4 Å². The molecule has 0 aromatic heterocycles. The largest absolute Gasteiger partial charge is 0.481 e. The lowest BCUT2D eigenvalue weighted by atomic mass is 10.0. The van der Waals surface area contributed by atoms with Crippen LogP contribution in [0.5, 0.6) is 0 Å². The number of amides is 2. The average Bonchev–Trinajstić information content (AvgIpc) is 3.30. The zero-order valence-corrected chi connectivity index (χ0v) is 20.1. The lowest BCUT2D eigenvalue weighted by Gasteiger charge is -2.32. The number of likely N-dealkylation sites (tertiary alicyclic amines) is 1. The third-order valence-corrected chi connectivity index (χ3v) is 8.52. The van der Waals surface area contributed by atoms with Gasteiger partial charge >= 0.3 is 5.97 Å². The first-order chi connectivity index (χ1) is 16.2. The Hall–Kier alpha value is -2.96. The molecule has 1 unspecified atom stereocenters. The summed E-state index contributed by atoms with van der Waals surface area (Å²) in [6.45, 7) is 1.61. The maximum absolute atomic E-state index is 13.5. The van der Waals surface area contributed by atoms with E-state index in [9.17, 15) is 28.9 Å². The van der Waals surface area contributed by atoms with Crippen LogP contribution >= 0.6 is 7.37 Å². The van der Waals surface area contributed by atoms with E-state index in [2.05, 4.69) is 5.32 Å². The van der Waals surface area contributed by atoms with Gasteiger partial charge in [-0.15, -0.1) is 0 Å². The first-order valence-electron chi connectivity index (χ1n) is 11.4. The van der Waals surface area contributed by atoms with Crippen LogP contribution in [0.1, 0.15) is 30.9 Å². The number of nitrogens with one attached hydrogen (secondary N) is 1. The average molecular weight is 487 g/mol. The van der Waals surface area contributed by atoms with Gasteiger partial charge < -0.3 is 20.2 Å². The minimum atomic E-state index is -4.04. The van der Waals surface area contributed by atoms with Crippen molar-refractivity contribution in [2.24, 2.45) is 5.92 Å². The molecule has 8 nitrogen and oxygen atoms in total. The summed E-state index contributed by atoms with van der Waals surface area (Å²) in [7, 11) is -4.04. The van der Waals surface area contributed by atoms with Gasteiger partial charge in [0.05, 0.1) is 5.92 Å². The highest BCUT2D eigenvalue weighted by Crippen LogP contribution is 2.53. The van der Waals surface area contributed by atoms with Crippen molar-refractivity contribution in [1.82, 2.24) is 10.2 Å². The summed E-state index contributed by atoms with van der Waals surface area (Å²) in [6.07, 6.45) is 0.813. The van der Waals surface area contributed by atoms with Crippen LogP contribution in [-0.2, 0) is 31.8 Å². The minimum Gasteiger partial charge on any atom is -0.481 e. The molecule has 1 aliphatic rings. The molecule has 0 bridgehead atoms. The third-order valence-electron chi connectivity index (χ3n) is 6.08. The fourth-order valence-electron chi connectivity index (χ4n) is 4.49. The van der Waals surface area contributed by atoms with Gasteiger partial charge in [0.2, 0.25) is 19.2 Å². The number of rotatable bonds is 10. The van der Waals surface area contributed by atoms with Gasteiger partial charge in [-0.3, -0.25) is 18.9 Å². The third kappa shape index (κ3) is 6.78. The molecule has 1 fully saturated rings. The van der Waals surface area contributed by atoms with Crippen LogP contribution in [0, 0.1) is 5.92 Å². The number of carbonyl (C=O) groups is 3. The molecule has 9 heteroatoms. The van der Waals surface area contributed by atoms with Crippen molar-refractivity contribution in [1.29, 1.82) is 0 Å². The SMILES string of the molecule is CC(=O)N[C@@H](Cc1ccccc1)C(=O)N1CCC[C@@H]1P(=O)(O)C[C@@H](Cc1ccccc1)C(=O)O. The molecule has 0 aliphatic carbocycles. The lowest BCUT2D eigenvalue weighted by Crippen LogP contribution is -2.50. The first-order valence-corrected chi connectivity index (χ1v) is 13.3. The Morgan fingerprint density at radius 2 is 1.59 bits per heavy atom. The molecule has 0 saturated carbocycles. The summed E-state index contributed by atoms with van der Waals surface area (Å²) >= 11 is 0. The summed E-state index contributed by atoms with van der Waals surface area (Å²) in [6, 6.07) is 17.3. The highest BCUT2D eigenvalue weighted by molar-refractivity contribution is 7.58. The van der Waals surface area contributed by atoms with Gasteiger partial charge in [-0.2, -0.15) is 0 Å². The van der Waals surface area contributed by atoms with Crippen molar-refractivity contribution < 1.29 is 28.9 Å². The molecular weight excluding hydrogens is 455 g/mol. The molecule has 3 N–H and O–H groups in total. The number of nitrogens with zero attached hydrogens (tertiary/aromatic N) is 1. The number of aliphatic carboxylic acids is 1. The zero-order chi connectivity index (χ0) is 24.7. The van der Waals surface area contributed by atoms with E-state index in [0.717, 1.165) is 11.1 Å². The van der Waals surface area contributed by atoms with E-state index in [-0.39, 0.29) is 25.3 Å². The van der Waals surface area contributed by atoms with Gasteiger partial charge in [0, 0.05) is 26.1 Å². The second-order valence-corrected chi connectivity index (χ2v) is 11.2. The molecule has 1 saturated heterocycles. The maximum Gasteiger partial charge on any atom is 0.307 e. The molecule has 2 aromatic carbocycles. The van der Waals surface area contributed by atoms with E-state index >= 15 is 0 Å². The summed E-state index contributed by atoms with van der Waals surface area (Å²) in [5, 5.41) is 12.4. The van der Waals surface area contributed by atoms with Crippen LogP contribution in [0.3, 0.4) is 0 Å². The summed E-state index contributed by atoms with van der Waals surface area (Å²) < 4.78 is 13.5. The second kappa shape index (κ2) is 11.4. The van der Waals surface area contributed by atoms with Crippen molar-refractivity contribution >= 4 is 25.2 Å². The molecule has 2 amide bonds. The van der Waals surface area contributed by atoms with Crippen LogP contribution in [0.4, 0.5) is 0 Å². The van der Waals surface area contributed by atoms with E-state index in [0.29, 0.717) is 12.8 Å². The fraction of sp³-hybridized carbons (Fsp3) is 0.400. The van der Waals surface area contributed by atoms with E-state index in [4.69, 9.17) is 0 Å². The van der Waals surface area contributed by atoms with Crippen molar-refractivity contribution in [2.75, 3.05) is 12.7 Å². The number of carboxylic acid groups (broad SMARTS) is 1. The predicted octanol–water partition coefficient (Wildman–Crippen LogP) is 2.90. The van der Waals surface area contributed by atoms with Gasteiger partial charge in [-0.1, -0.05) is 60.7 Å². The van der Waals surface area contributed by atoms with Crippen molar-refractivity contribution in [3.8, 4) is 0 Å². The molecule has 3 rings (SSSR count). The maximum atomic E-state index is 13.5. The van der Waals surface area contributed by atoms with Gasteiger partial charge in [-0.25, -0.2) is 0 Å². The highest BCUT2D eigenvalue weighted by atomic mass is 31.2. The topological polar surface area (TPSA) is 124 Å². The normalized spacial score (nSPS) is 19.1. The molecular formula is C25H31N2O6P. The number of hydrogen-bond acceptors (Lipinski definition) is 4. The molecule has 4 atom stereocenters. The van der Waals surface area contributed by atoms with Crippen LogP contribution in [0.2, 0.25) is 0 Å². The number of hydrogen-bond donors (Lipinski definition) is 3. The molecule has 182 valence electrons. The number of carboxylic acids is 1. The second-order valence-electron chi connectivity index (χ2n) is 8.76. The van der Waals surface area contributed by atoms with Crippen LogP contribution < -0.4 is 5.32 Å². The fourth-order valence-corrected chi connectivity index (χ4v) is 6.90. The van der Waals surface area contributed by atoms with E-state index in [1.165, 1.54) is 11.8 Å². The molecule has 2 aromatic rings. The Morgan fingerprint density at radius 1 is 1.03 bits per heavy atom. The van der Waals surface area contributed by atoms with Crippen LogP contribution in [0.25, 0.3) is 0 Å². The molecule has 1 aliphatic heterocycles. The molecule has 34 heavy (non-hydrogen) atoms. The summed E-state index contributed by atoms with van der Waals surface area (Å²) in [4.78, 5) is 49.4. The number of carbonyl (C=O) groups excluding carboxylic acids is 2. The van der Waals surface area contributed by atoms with Crippen LogP contribution in [0.15, 0.2) is 60.7 Å². The summed E-state index contributed by atoms with van der Waals surface area (Å²) in [5.74, 6) is -3.96. The smallest absolute Gasteiger partial charge is 0.307 e. The van der Waals surface area contributed by atoms with E-state index in [1.54, 1.807) is 24.3 Å². The van der Waals surface area contributed by atoms with Gasteiger partial charge in [0.1, 0.15) is 11.8 Å². The standard InChI is InChI=1S/C25H31N2O6P/c1-18(28)26-22(16-20-11-6-3-7-12-20)24(29)27-14-8-13-23(27)34(32,33)17-21(25(30)31)15-19-9-4-2-5-10-19/h2-7,9-12,21-23H,8,13-17H2,1H3,(H,26,28)(H,30,31)(H,32,33)/t21-,22+,23+/m1/s1. The lowest BCUT2D eigenvalue weighted by molar-refractivity contribution is -0.141. The quantitative estimate of drug-likeness (QED) is 0.444.